The molecule has 4 nitrogen and oxygen atoms in total. The van der Waals surface area contributed by atoms with Crippen LogP contribution in [0.25, 0.3) is 0 Å². The SMILES string of the molecule is CC(C)(C)c1ccc(N(c2ccc(C(C)(C)C)cc2)c2ccc(N([O])C(C)(C)C)nc2)cc1. The maximum Gasteiger partial charge on any atom is 0.156 e. The number of aromatic nitrogens is 1. The third kappa shape index (κ3) is 5.75. The Labute approximate surface area is 199 Å². The van der Waals surface area contributed by atoms with Gasteiger partial charge in [0.2, 0.25) is 0 Å². The molecular formula is C29H38N3O. The number of hydrogen-bond acceptors (Lipinski definition) is 3. The van der Waals surface area contributed by atoms with Crippen molar-refractivity contribution < 1.29 is 5.21 Å². The van der Waals surface area contributed by atoms with Crippen LogP contribution >= 0.6 is 0 Å². The van der Waals surface area contributed by atoms with E-state index in [1.807, 2.05) is 26.8 Å². The molecule has 0 aliphatic rings. The van der Waals surface area contributed by atoms with Crippen LogP contribution in [0.15, 0.2) is 66.9 Å². The number of benzene rings is 2. The Morgan fingerprint density at radius 2 is 0.970 bits per heavy atom. The monoisotopic (exact) mass is 444 g/mol. The van der Waals surface area contributed by atoms with Crippen molar-refractivity contribution in [1.82, 2.24) is 4.98 Å². The van der Waals surface area contributed by atoms with E-state index in [1.54, 1.807) is 12.3 Å². The van der Waals surface area contributed by atoms with Crippen LogP contribution in [0.3, 0.4) is 0 Å². The van der Waals surface area contributed by atoms with Crippen LogP contribution in [0.2, 0.25) is 0 Å². The standard InChI is InChI=1S/C29H38N3O/c1-27(2,3)21-10-14-23(15-11-21)31(24-16-12-22(13-17-24)28(4,5)6)25-18-19-26(30-20-25)32(33)29(7,8)9/h10-20H,1-9H3. The lowest BCUT2D eigenvalue weighted by Gasteiger charge is -2.29. The zero-order valence-corrected chi connectivity index (χ0v) is 21.6. The summed E-state index contributed by atoms with van der Waals surface area (Å²) in [5, 5.41) is 13.5. The lowest BCUT2D eigenvalue weighted by Crippen LogP contribution is -2.38. The molecule has 0 spiro atoms. The predicted octanol–water partition coefficient (Wildman–Crippen LogP) is 8.10. The first-order valence-electron chi connectivity index (χ1n) is 11.6. The molecule has 1 heterocycles. The summed E-state index contributed by atoms with van der Waals surface area (Å²) in [6.07, 6.45) is 1.78. The van der Waals surface area contributed by atoms with Crippen LogP contribution in [0.4, 0.5) is 22.9 Å². The average molecular weight is 445 g/mol. The number of rotatable bonds is 4. The van der Waals surface area contributed by atoms with Crippen molar-refractivity contribution in [3.05, 3.63) is 78.0 Å². The number of pyridine rings is 1. The molecule has 4 heteroatoms. The lowest BCUT2D eigenvalue weighted by molar-refractivity contribution is 0.0996. The molecule has 0 bridgehead atoms. The maximum atomic E-state index is 12.6. The smallest absolute Gasteiger partial charge is 0.156 e. The van der Waals surface area contributed by atoms with E-state index in [4.69, 9.17) is 0 Å². The highest BCUT2D eigenvalue weighted by atomic mass is 16.5. The molecule has 0 saturated heterocycles. The number of hydroxylamine groups is 1. The van der Waals surface area contributed by atoms with Crippen molar-refractivity contribution in [3.63, 3.8) is 0 Å². The van der Waals surface area contributed by atoms with Gasteiger partial charge in [-0.25, -0.2) is 4.98 Å². The largest absolute Gasteiger partial charge is 0.309 e. The number of hydrogen-bond donors (Lipinski definition) is 0. The van der Waals surface area contributed by atoms with Gasteiger partial charge < -0.3 is 4.90 Å². The molecule has 3 rings (SSSR count). The molecule has 0 amide bonds. The van der Waals surface area contributed by atoms with Crippen molar-refractivity contribution in [1.29, 1.82) is 0 Å². The molecule has 2 aromatic carbocycles. The Hall–Kier alpha value is -2.85. The van der Waals surface area contributed by atoms with Gasteiger partial charge >= 0.3 is 0 Å². The molecule has 0 unspecified atom stereocenters. The quantitative estimate of drug-likeness (QED) is 0.382. The second kappa shape index (κ2) is 8.83. The first-order valence-corrected chi connectivity index (χ1v) is 11.6. The van der Waals surface area contributed by atoms with Crippen molar-refractivity contribution in [2.75, 3.05) is 9.96 Å². The van der Waals surface area contributed by atoms with Gasteiger partial charge in [-0.2, -0.15) is 5.06 Å². The van der Waals surface area contributed by atoms with Gasteiger partial charge in [-0.3, -0.25) is 0 Å². The molecule has 0 fully saturated rings. The lowest BCUT2D eigenvalue weighted by atomic mass is 9.86. The third-order valence-corrected chi connectivity index (χ3v) is 5.79. The van der Waals surface area contributed by atoms with E-state index in [-0.39, 0.29) is 10.8 Å². The van der Waals surface area contributed by atoms with Gasteiger partial charge in [0.25, 0.3) is 0 Å². The highest BCUT2D eigenvalue weighted by Crippen LogP contribution is 2.37. The zero-order valence-electron chi connectivity index (χ0n) is 21.6. The van der Waals surface area contributed by atoms with E-state index < -0.39 is 5.54 Å². The molecule has 175 valence electrons. The summed E-state index contributed by atoms with van der Waals surface area (Å²) < 4.78 is 0. The van der Waals surface area contributed by atoms with Crippen LogP contribution in [0, 0.1) is 0 Å². The highest BCUT2D eigenvalue weighted by molar-refractivity contribution is 5.76. The minimum absolute atomic E-state index is 0.0888. The van der Waals surface area contributed by atoms with E-state index in [0.29, 0.717) is 5.82 Å². The van der Waals surface area contributed by atoms with E-state index >= 15 is 0 Å². The van der Waals surface area contributed by atoms with Crippen molar-refractivity contribution in [2.45, 2.75) is 78.7 Å². The summed E-state index contributed by atoms with van der Waals surface area (Å²) in [4.78, 5) is 6.68. The summed E-state index contributed by atoms with van der Waals surface area (Å²) in [7, 11) is 0. The summed E-state index contributed by atoms with van der Waals surface area (Å²) in [6, 6.07) is 21.1. The normalized spacial score (nSPS) is 12.5. The second-order valence-corrected chi connectivity index (χ2v) is 11.8. The van der Waals surface area contributed by atoms with E-state index in [9.17, 15) is 5.21 Å². The Morgan fingerprint density at radius 1 is 0.576 bits per heavy atom. The van der Waals surface area contributed by atoms with E-state index in [0.717, 1.165) is 22.1 Å². The van der Waals surface area contributed by atoms with Crippen molar-refractivity contribution in [2.24, 2.45) is 0 Å². The van der Waals surface area contributed by atoms with Gasteiger partial charge in [0.05, 0.1) is 17.4 Å². The van der Waals surface area contributed by atoms with Crippen LogP contribution < -0.4 is 9.96 Å². The van der Waals surface area contributed by atoms with Crippen molar-refractivity contribution in [3.8, 4) is 0 Å². The highest BCUT2D eigenvalue weighted by Gasteiger charge is 2.23. The molecule has 0 atom stereocenters. The number of anilines is 4. The van der Waals surface area contributed by atoms with Crippen LogP contribution in [-0.2, 0) is 16.0 Å². The van der Waals surface area contributed by atoms with Gasteiger partial charge in [-0.05, 0) is 79.1 Å². The minimum atomic E-state index is -0.542. The van der Waals surface area contributed by atoms with Crippen LogP contribution in [0.5, 0.6) is 0 Å². The Balaban J connectivity index is 2.06. The van der Waals surface area contributed by atoms with Gasteiger partial charge in [-0.15, -0.1) is 0 Å². The summed E-state index contributed by atoms with van der Waals surface area (Å²) in [5.74, 6) is 0.414. The Bertz CT molecular complexity index is 991. The topological polar surface area (TPSA) is 39.3 Å². The summed E-state index contributed by atoms with van der Waals surface area (Å²) in [6.45, 7) is 19.0. The first-order chi connectivity index (χ1) is 15.2. The van der Waals surface area contributed by atoms with Gasteiger partial charge in [0, 0.05) is 11.4 Å². The fraction of sp³-hybridized carbons (Fsp3) is 0.414. The zero-order chi connectivity index (χ0) is 24.6. The minimum Gasteiger partial charge on any atom is -0.309 e. The predicted molar refractivity (Wildman–Crippen MR) is 139 cm³/mol. The molecule has 0 aliphatic heterocycles. The first kappa shape index (κ1) is 24.8. The molecular weight excluding hydrogens is 406 g/mol. The molecule has 3 aromatic rings. The molecule has 0 saturated carbocycles. The van der Waals surface area contributed by atoms with E-state index in [1.165, 1.54) is 11.1 Å². The summed E-state index contributed by atoms with van der Waals surface area (Å²) in [5.41, 5.74) is 5.22. The molecule has 1 aromatic heterocycles. The third-order valence-electron chi connectivity index (χ3n) is 5.79. The average Bonchev–Trinajstić information content (AvgIpc) is 2.73. The van der Waals surface area contributed by atoms with Crippen LogP contribution in [-0.4, -0.2) is 10.5 Å². The molecule has 1 radical (unpaired) electrons. The summed E-state index contributed by atoms with van der Waals surface area (Å²) >= 11 is 0. The number of nitrogens with zero attached hydrogens (tertiary/aromatic N) is 3. The Morgan fingerprint density at radius 3 is 1.27 bits per heavy atom. The van der Waals surface area contributed by atoms with Crippen LogP contribution in [0.1, 0.15) is 73.4 Å². The van der Waals surface area contributed by atoms with Gasteiger partial charge in [0.15, 0.2) is 5.82 Å². The van der Waals surface area contributed by atoms with Gasteiger partial charge in [-0.1, -0.05) is 71.0 Å². The second-order valence-electron chi connectivity index (χ2n) is 11.8. The van der Waals surface area contributed by atoms with Gasteiger partial charge in [0.1, 0.15) is 0 Å². The fourth-order valence-corrected chi connectivity index (χ4v) is 3.64. The Kier molecular flexibility index (Phi) is 6.63. The molecule has 0 N–H and O–H groups in total. The molecule has 0 aliphatic carbocycles. The molecule has 33 heavy (non-hydrogen) atoms. The van der Waals surface area contributed by atoms with Crippen molar-refractivity contribution >= 4 is 22.9 Å². The maximum absolute atomic E-state index is 12.6. The van der Waals surface area contributed by atoms with E-state index in [2.05, 4.69) is 100.0 Å². The fourth-order valence-electron chi connectivity index (χ4n) is 3.64.